The molecule has 0 aliphatic carbocycles. The molecule has 0 atom stereocenters. The lowest BCUT2D eigenvalue weighted by atomic mass is 10.0. The van der Waals surface area contributed by atoms with Crippen molar-refractivity contribution in [1.82, 2.24) is 0 Å². The van der Waals surface area contributed by atoms with E-state index in [1.54, 1.807) is 37.3 Å². The summed E-state index contributed by atoms with van der Waals surface area (Å²) in [6.45, 7) is 4.75. The predicted molar refractivity (Wildman–Crippen MR) is 107 cm³/mol. The van der Waals surface area contributed by atoms with Crippen molar-refractivity contribution in [2.75, 3.05) is 37.8 Å². The van der Waals surface area contributed by atoms with Crippen LogP contribution in [-0.2, 0) is 9.47 Å². The van der Waals surface area contributed by atoms with E-state index in [-0.39, 0.29) is 11.4 Å². The Morgan fingerprint density at radius 1 is 1.07 bits per heavy atom. The van der Waals surface area contributed by atoms with Crippen LogP contribution in [0, 0.1) is 0 Å². The van der Waals surface area contributed by atoms with Gasteiger partial charge in [0.2, 0.25) is 0 Å². The molecule has 6 heteroatoms. The fraction of sp³-hybridized carbons (Fsp3) is 0.273. The molecule has 1 aliphatic heterocycles. The van der Waals surface area contributed by atoms with Gasteiger partial charge in [-0.3, -0.25) is 4.79 Å². The monoisotopic (exact) mass is 379 g/mol. The summed E-state index contributed by atoms with van der Waals surface area (Å²) in [5, 5.41) is 0.510. The SMILES string of the molecule is CCOC(=O)c1cccc(-c2ccc3oc(N4CCOCC4)cc(=O)c3c2)c1. The molecule has 2 heterocycles. The number of benzene rings is 2. The van der Waals surface area contributed by atoms with Crippen LogP contribution >= 0.6 is 0 Å². The number of fused-ring (bicyclic) bond motifs is 1. The quantitative estimate of drug-likeness (QED) is 0.647. The van der Waals surface area contributed by atoms with Crippen LogP contribution in [0.5, 0.6) is 0 Å². The van der Waals surface area contributed by atoms with Crippen molar-refractivity contribution in [2.24, 2.45) is 0 Å². The van der Waals surface area contributed by atoms with Gasteiger partial charge in [-0.2, -0.15) is 0 Å². The van der Waals surface area contributed by atoms with Crippen LogP contribution < -0.4 is 10.3 Å². The fourth-order valence-electron chi connectivity index (χ4n) is 3.30. The zero-order chi connectivity index (χ0) is 19.5. The van der Waals surface area contributed by atoms with Gasteiger partial charge in [0.25, 0.3) is 0 Å². The van der Waals surface area contributed by atoms with E-state index < -0.39 is 0 Å². The first-order valence-electron chi connectivity index (χ1n) is 9.34. The minimum Gasteiger partial charge on any atom is -0.462 e. The van der Waals surface area contributed by atoms with Crippen LogP contribution in [0.25, 0.3) is 22.1 Å². The number of esters is 1. The van der Waals surface area contributed by atoms with Crippen molar-refractivity contribution < 1.29 is 18.7 Å². The zero-order valence-electron chi connectivity index (χ0n) is 15.6. The molecular formula is C22H21NO5. The summed E-state index contributed by atoms with van der Waals surface area (Å²) >= 11 is 0. The number of rotatable bonds is 4. The predicted octanol–water partition coefficient (Wildman–Crippen LogP) is 3.47. The highest BCUT2D eigenvalue weighted by molar-refractivity contribution is 5.92. The van der Waals surface area contributed by atoms with Crippen molar-refractivity contribution in [2.45, 2.75) is 6.92 Å². The van der Waals surface area contributed by atoms with Crippen LogP contribution in [0.15, 0.2) is 57.7 Å². The Bertz CT molecular complexity index is 1070. The summed E-state index contributed by atoms with van der Waals surface area (Å²) in [5.74, 6) is 0.206. The number of nitrogens with zero attached hydrogens (tertiary/aromatic N) is 1. The topological polar surface area (TPSA) is 69.0 Å². The van der Waals surface area contributed by atoms with E-state index in [1.807, 2.05) is 17.0 Å². The van der Waals surface area contributed by atoms with Crippen molar-refractivity contribution >= 4 is 22.8 Å². The average molecular weight is 379 g/mol. The molecule has 0 N–H and O–H groups in total. The number of morpholine rings is 1. The third kappa shape index (κ3) is 3.64. The molecule has 0 spiro atoms. The highest BCUT2D eigenvalue weighted by Gasteiger charge is 2.16. The van der Waals surface area contributed by atoms with E-state index in [4.69, 9.17) is 13.9 Å². The van der Waals surface area contributed by atoms with Gasteiger partial charge in [0.15, 0.2) is 11.3 Å². The van der Waals surface area contributed by atoms with E-state index in [0.717, 1.165) is 11.1 Å². The van der Waals surface area contributed by atoms with E-state index in [9.17, 15) is 9.59 Å². The van der Waals surface area contributed by atoms with Gasteiger partial charge in [0.1, 0.15) is 5.58 Å². The Kier molecular flexibility index (Phi) is 5.12. The summed E-state index contributed by atoms with van der Waals surface area (Å²) in [6.07, 6.45) is 0. The molecule has 1 aliphatic rings. The van der Waals surface area contributed by atoms with Gasteiger partial charge in [-0.1, -0.05) is 18.2 Å². The molecule has 1 saturated heterocycles. The van der Waals surface area contributed by atoms with Crippen molar-refractivity contribution in [1.29, 1.82) is 0 Å². The Hall–Kier alpha value is -3.12. The standard InChI is InChI=1S/C22H21NO5/c1-2-27-22(25)17-5-3-4-15(12-17)16-6-7-20-18(13-16)19(24)14-21(28-20)23-8-10-26-11-9-23/h3-7,12-14H,2,8-11H2,1H3. The first-order valence-corrected chi connectivity index (χ1v) is 9.34. The molecule has 0 unspecified atom stereocenters. The summed E-state index contributed by atoms with van der Waals surface area (Å²) in [6, 6.07) is 14.2. The van der Waals surface area contributed by atoms with Crippen molar-refractivity contribution in [3.05, 3.63) is 64.3 Å². The Labute approximate surface area is 162 Å². The molecule has 1 aromatic heterocycles. The number of hydrogen-bond acceptors (Lipinski definition) is 6. The molecule has 6 nitrogen and oxygen atoms in total. The van der Waals surface area contributed by atoms with Crippen LogP contribution in [-0.4, -0.2) is 38.9 Å². The molecule has 1 fully saturated rings. The highest BCUT2D eigenvalue weighted by Crippen LogP contribution is 2.26. The average Bonchev–Trinajstić information content (AvgIpc) is 2.74. The molecule has 0 bridgehead atoms. The number of ether oxygens (including phenoxy) is 2. The minimum atomic E-state index is -0.361. The lowest BCUT2D eigenvalue weighted by molar-refractivity contribution is 0.0526. The summed E-state index contributed by atoms with van der Waals surface area (Å²) < 4.78 is 16.4. The Morgan fingerprint density at radius 3 is 2.64 bits per heavy atom. The Balaban J connectivity index is 1.70. The lowest BCUT2D eigenvalue weighted by Gasteiger charge is -2.27. The van der Waals surface area contributed by atoms with Crippen LogP contribution in [0.1, 0.15) is 17.3 Å². The molecule has 0 amide bonds. The molecule has 144 valence electrons. The van der Waals surface area contributed by atoms with Crippen molar-refractivity contribution in [3.8, 4) is 11.1 Å². The molecule has 0 saturated carbocycles. The smallest absolute Gasteiger partial charge is 0.338 e. The van der Waals surface area contributed by atoms with E-state index in [2.05, 4.69) is 0 Å². The largest absolute Gasteiger partial charge is 0.462 e. The maximum absolute atomic E-state index is 12.7. The molecule has 3 aromatic rings. The molecule has 0 radical (unpaired) electrons. The number of hydrogen-bond donors (Lipinski definition) is 0. The summed E-state index contributed by atoms with van der Waals surface area (Å²) in [4.78, 5) is 26.7. The maximum Gasteiger partial charge on any atom is 0.338 e. The van der Waals surface area contributed by atoms with Crippen LogP contribution in [0.3, 0.4) is 0 Å². The van der Waals surface area contributed by atoms with Gasteiger partial charge in [-0.15, -0.1) is 0 Å². The molecule has 4 rings (SSSR count). The molecule has 2 aromatic carbocycles. The second kappa shape index (κ2) is 7.86. The third-order valence-corrected chi connectivity index (χ3v) is 4.74. The number of anilines is 1. The third-order valence-electron chi connectivity index (χ3n) is 4.74. The van der Waals surface area contributed by atoms with Gasteiger partial charge in [-0.25, -0.2) is 4.79 Å². The van der Waals surface area contributed by atoms with Gasteiger partial charge in [-0.05, 0) is 42.3 Å². The maximum atomic E-state index is 12.7. The highest BCUT2D eigenvalue weighted by atomic mass is 16.5. The summed E-state index contributed by atoms with van der Waals surface area (Å²) in [7, 11) is 0. The number of carbonyl (C=O) groups is 1. The molecular weight excluding hydrogens is 358 g/mol. The van der Waals surface area contributed by atoms with Gasteiger partial charge >= 0.3 is 5.97 Å². The zero-order valence-corrected chi connectivity index (χ0v) is 15.6. The van der Waals surface area contributed by atoms with Gasteiger partial charge < -0.3 is 18.8 Å². The van der Waals surface area contributed by atoms with E-state index in [1.165, 1.54) is 6.07 Å². The van der Waals surface area contributed by atoms with E-state index >= 15 is 0 Å². The van der Waals surface area contributed by atoms with Crippen LogP contribution in [0.4, 0.5) is 5.88 Å². The van der Waals surface area contributed by atoms with Crippen molar-refractivity contribution in [3.63, 3.8) is 0 Å². The second-order valence-corrected chi connectivity index (χ2v) is 6.56. The minimum absolute atomic E-state index is 0.0915. The Morgan fingerprint density at radius 2 is 1.86 bits per heavy atom. The first-order chi connectivity index (χ1) is 13.7. The number of carbonyl (C=O) groups excluding carboxylic acids is 1. The molecule has 28 heavy (non-hydrogen) atoms. The van der Waals surface area contributed by atoms with E-state index in [0.29, 0.717) is 55.3 Å². The summed E-state index contributed by atoms with van der Waals surface area (Å²) in [5.41, 5.74) is 2.61. The normalized spacial score (nSPS) is 14.2. The van der Waals surface area contributed by atoms with Crippen LogP contribution in [0.2, 0.25) is 0 Å². The first kappa shape index (κ1) is 18.3. The van der Waals surface area contributed by atoms with Gasteiger partial charge in [0.05, 0.1) is 30.8 Å². The van der Waals surface area contributed by atoms with Gasteiger partial charge in [0, 0.05) is 19.2 Å². The lowest BCUT2D eigenvalue weighted by Crippen LogP contribution is -2.36. The fourth-order valence-corrected chi connectivity index (χ4v) is 3.30. The second-order valence-electron chi connectivity index (χ2n) is 6.56.